The average Bonchev–Trinajstić information content (AvgIpc) is 2.50. The third-order valence-electron chi connectivity index (χ3n) is 2.81. The van der Waals surface area contributed by atoms with Crippen molar-refractivity contribution in [3.8, 4) is 17.2 Å². The summed E-state index contributed by atoms with van der Waals surface area (Å²) in [5.74, 6) is 0.202. The first kappa shape index (κ1) is 17.2. The third kappa shape index (κ3) is 4.18. The van der Waals surface area contributed by atoms with Crippen LogP contribution in [0.2, 0.25) is 10.0 Å². The smallest absolute Gasteiger partial charge is 0.417 e. The number of anilines is 1. The van der Waals surface area contributed by atoms with Gasteiger partial charge in [0.1, 0.15) is 17.3 Å². The van der Waals surface area contributed by atoms with E-state index in [2.05, 4.69) is 5.32 Å². The standard InChI is InChI=1S/C15H12Cl2FNO4/c1-21-13-7-14(22-2)11(6-10(13)17)19-15(20)23-12-4-3-8(18)5-9(12)16/h3-7H,1-2H3,(H,19,20). The Bertz CT molecular complexity index is 740. The molecule has 8 heteroatoms. The molecule has 0 saturated carbocycles. The van der Waals surface area contributed by atoms with Crippen molar-refractivity contribution in [3.05, 3.63) is 46.2 Å². The predicted molar refractivity (Wildman–Crippen MR) is 85.6 cm³/mol. The molecule has 0 unspecified atom stereocenters. The maximum absolute atomic E-state index is 13.0. The lowest BCUT2D eigenvalue weighted by atomic mass is 10.2. The van der Waals surface area contributed by atoms with Gasteiger partial charge >= 0.3 is 6.09 Å². The number of methoxy groups -OCH3 is 2. The van der Waals surface area contributed by atoms with Crippen molar-refractivity contribution in [1.82, 2.24) is 0 Å². The lowest BCUT2D eigenvalue weighted by molar-refractivity contribution is 0.215. The highest BCUT2D eigenvalue weighted by molar-refractivity contribution is 6.32. The van der Waals surface area contributed by atoms with E-state index < -0.39 is 11.9 Å². The van der Waals surface area contributed by atoms with E-state index in [0.717, 1.165) is 12.1 Å². The molecule has 0 fully saturated rings. The summed E-state index contributed by atoms with van der Waals surface area (Å²) >= 11 is 11.8. The molecule has 0 spiro atoms. The number of hydrogen-bond acceptors (Lipinski definition) is 4. The Hall–Kier alpha value is -2.18. The Morgan fingerprint density at radius 1 is 1.00 bits per heavy atom. The van der Waals surface area contributed by atoms with Crippen LogP contribution < -0.4 is 19.5 Å². The SMILES string of the molecule is COc1cc(OC)c(NC(=O)Oc2ccc(F)cc2Cl)cc1Cl. The number of carbonyl (C=O) groups is 1. The highest BCUT2D eigenvalue weighted by Crippen LogP contribution is 2.36. The highest BCUT2D eigenvalue weighted by atomic mass is 35.5. The Labute approximate surface area is 141 Å². The molecule has 1 amide bonds. The van der Waals surface area contributed by atoms with Crippen LogP contribution >= 0.6 is 23.2 Å². The van der Waals surface area contributed by atoms with Crippen molar-refractivity contribution in [2.24, 2.45) is 0 Å². The van der Waals surface area contributed by atoms with E-state index in [1.807, 2.05) is 0 Å². The molecular formula is C15H12Cl2FNO4. The summed E-state index contributed by atoms with van der Waals surface area (Å²) in [6.45, 7) is 0. The van der Waals surface area contributed by atoms with E-state index in [1.54, 1.807) is 0 Å². The van der Waals surface area contributed by atoms with Crippen LogP contribution in [0.3, 0.4) is 0 Å². The molecule has 2 aromatic rings. The zero-order valence-electron chi connectivity index (χ0n) is 12.2. The van der Waals surface area contributed by atoms with Crippen LogP contribution in [0.25, 0.3) is 0 Å². The number of amides is 1. The van der Waals surface area contributed by atoms with Gasteiger partial charge in [0, 0.05) is 6.07 Å². The second-order valence-corrected chi connectivity index (χ2v) is 5.09. The summed E-state index contributed by atoms with van der Waals surface area (Å²) in [4.78, 5) is 11.9. The highest BCUT2D eigenvalue weighted by Gasteiger charge is 2.15. The molecule has 2 rings (SSSR count). The van der Waals surface area contributed by atoms with Crippen molar-refractivity contribution in [2.75, 3.05) is 19.5 Å². The Balaban J connectivity index is 2.18. The quantitative estimate of drug-likeness (QED) is 0.854. The van der Waals surface area contributed by atoms with Gasteiger partial charge in [-0.1, -0.05) is 23.2 Å². The van der Waals surface area contributed by atoms with E-state index in [9.17, 15) is 9.18 Å². The fraction of sp³-hybridized carbons (Fsp3) is 0.133. The summed E-state index contributed by atoms with van der Waals surface area (Å²) in [6.07, 6.45) is -0.835. The van der Waals surface area contributed by atoms with Gasteiger partial charge in [0.2, 0.25) is 0 Å². The van der Waals surface area contributed by atoms with Crippen molar-refractivity contribution < 1.29 is 23.4 Å². The summed E-state index contributed by atoms with van der Waals surface area (Å²) < 4.78 is 28.2. The van der Waals surface area contributed by atoms with Gasteiger partial charge in [0.25, 0.3) is 0 Å². The molecule has 0 atom stereocenters. The van der Waals surface area contributed by atoms with Gasteiger partial charge in [-0.15, -0.1) is 0 Å². The maximum atomic E-state index is 13.0. The van der Waals surface area contributed by atoms with Gasteiger partial charge in [-0.05, 0) is 24.3 Å². The minimum atomic E-state index is -0.835. The number of rotatable bonds is 4. The van der Waals surface area contributed by atoms with Crippen molar-refractivity contribution in [3.63, 3.8) is 0 Å². The normalized spacial score (nSPS) is 10.1. The molecule has 1 N–H and O–H groups in total. The zero-order chi connectivity index (χ0) is 17.0. The molecule has 0 saturated heterocycles. The van der Waals surface area contributed by atoms with Gasteiger partial charge in [-0.25, -0.2) is 9.18 Å². The summed E-state index contributed by atoms with van der Waals surface area (Å²) in [5.41, 5.74) is 0.279. The Kier molecular flexibility index (Phi) is 5.52. The van der Waals surface area contributed by atoms with Gasteiger partial charge in [-0.2, -0.15) is 0 Å². The first-order valence-corrected chi connectivity index (χ1v) is 7.05. The molecule has 0 heterocycles. The molecule has 122 valence electrons. The van der Waals surface area contributed by atoms with Crippen LogP contribution in [-0.2, 0) is 0 Å². The van der Waals surface area contributed by atoms with E-state index in [1.165, 1.54) is 32.4 Å². The topological polar surface area (TPSA) is 56.8 Å². The van der Waals surface area contributed by atoms with E-state index in [-0.39, 0.29) is 21.5 Å². The number of carbonyl (C=O) groups excluding carboxylic acids is 1. The van der Waals surface area contributed by atoms with Crippen molar-refractivity contribution in [2.45, 2.75) is 0 Å². The first-order chi connectivity index (χ1) is 10.9. The Morgan fingerprint density at radius 3 is 2.26 bits per heavy atom. The first-order valence-electron chi connectivity index (χ1n) is 6.30. The van der Waals surface area contributed by atoms with Gasteiger partial charge in [-0.3, -0.25) is 5.32 Å². The molecule has 0 aromatic heterocycles. The second-order valence-electron chi connectivity index (χ2n) is 4.28. The number of nitrogens with one attached hydrogen (secondary N) is 1. The van der Waals surface area contributed by atoms with Crippen LogP contribution in [0.4, 0.5) is 14.9 Å². The molecule has 23 heavy (non-hydrogen) atoms. The molecular weight excluding hydrogens is 348 g/mol. The van der Waals surface area contributed by atoms with Crippen LogP contribution in [0.15, 0.2) is 30.3 Å². The van der Waals surface area contributed by atoms with E-state index in [0.29, 0.717) is 11.5 Å². The third-order valence-corrected chi connectivity index (χ3v) is 3.40. The molecule has 0 radical (unpaired) electrons. The monoisotopic (exact) mass is 359 g/mol. The van der Waals surface area contributed by atoms with E-state index >= 15 is 0 Å². The van der Waals surface area contributed by atoms with Crippen LogP contribution in [-0.4, -0.2) is 20.3 Å². The van der Waals surface area contributed by atoms with Crippen molar-refractivity contribution >= 4 is 35.0 Å². The van der Waals surface area contributed by atoms with Crippen LogP contribution in [0.1, 0.15) is 0 Å². The fourth-order valence-electron chi connectivity index (χ4n) is 1.75. The Morgan fingerprint density at radius 2 is 1.65 bits per heavy atom. The van der Waals surface area contributed by atoms with Crippen LogP contribution in [0, 0.1) is 5.82 Å². The largest absolute Gasteiger partial charge is 0.495 e. The minimum Gasteiger partial charge on any atom is -0.495 e. The minimum absolute atomic E-state index is 0.0177. The molecule has 2 aromatic carbocycles. The average molecular weight is 360 g/mol. The lowest BCUT2D eigenvalue weighted by Crippen LogP contribution is -2.17. The zero-order valence-corrected chi connectivity index (χ0v) is 13.7. The molecule has 0 aliphatic heterocycles. The van der Waals surface area contributed by atoms with Gasteiger partial charge < -0.3 is 14.2 Å². The fourth-order valence-corrected chi connectivity index (χ4v) is 2.20. The number of hydrogen-bond donors (Lipinski definition) is 1. The molecule has 0 bridgehead atoms. The van der Waals surface area contributed by atoms with Gasteiger partial charge in [0.15, 0.2) is 5.75 Å². The molecule has 5 nitrogen and oxygen atoms in total. The lowest BCUT2D eigenvalue weighted by Gasteiger charge is -2.13. The molecule has 0 aliphatic rings. The number of halogens is 3. The number of ether oxygens (including phenoxy) is 3. The predicted octanol–water partition coefficient (Wildman–Crippen LogP) is 4.76. The van der Waals surface area contributed by atoms with E-state index in [4.69, 9.17) is 37.4 Å². The number of benzene rings is 2. The second kappa shape index (κ2) is 7.39. The van der Waals surface area contributed by atoms with Crippen LogP contribution in [0.5, 0.6) is 17.2 Å². The maximum Gasteiger partial charge on any atom is 0.417 e. The van der Waals surface area contributed by atoms with Gasteiger partial charge in [0.05, 0.1) is 30.0 Å². The summed E-state index contributed by atoms with van der Waals surface area (Å²) in [6, 6.07) is 6.37. The van der Waals surface area contributed by atoms with Crippen molar-refractivity contribution in [1.29, 1.82) is 0 Å². The summed E-state index contributed by atoms with van der Waals surface area (Å²) in [7, 11) is 2.88. The molecule has 0 aliphatic carbocycles. The summed E-state index contributed by atoms with van der Waals surface area (Å²) in [5, 5.41) is 2.72.